The lowest BCUT2D eigenvalue weighted by molar-refractivity contribution is 0.515. The molecule has 0 radical (unpaired) electrons. The van der Waals surface area contributed by atoms with Gasteiger partial charge in [-0.1, -0.05) is 25.7 Å². The molecule has 1 nitrogen and oxygen atoms in total. The summed E-state index contributed by atoms with van der Waals surface area (Å²) in [5.74, 6) is -1.72. The van der Waals surface area contributed by atoms with Gasteiger partial charge in [0.25, 0.3) is 0 Å². The van der Waals surface area contributed by atoms with Crippen LogP contribution in [0, 0.1) is 18.6 Å². The van der Waals surface area contributed by atoms with Crippen molar-refractivity contribution in [1.82, 2.24) is 4.98 Å². The summed E-state index contributed by atoms with van der Waals surface area (Å²) in [5.41, 5.74) is 1.95. The van der Waals surface area contributed by atoms with Gasteiger partial charge in [-0.05, 0) is 41.3 Å². The van der Waals surface area contributed by atoms with E-state index in [0.29, 0.717) is 5.39 Å². The summed E-state index contributed by atoms with van der Waals surface area (Å²) < 4.78 is 27.2. The molecule has 0 unspecified atom stereocenters. The van der Waals surface area contributed by atoms with Gasteiger partial charge >= 0.3 is 0 Å². The molecule has 0 fully saturated rings. The van der Waals surface area contributed by atoms with Crippen LogP contribution in [0.5, 0.6) is 0 Å². The standard InChI is InChI=1S/C18H19F2NSSi/c1-11-13(10-15-16(7-8-22-15)23(2,3)4)9-12-5-6-14(19)17(20)18(12)21-11/h5-9H,10H2,1-4H3. The van der Waals surface area contributed by atoms with Crippen molar-refractivity contribution in [3.63, 3.8) is 0 Å². The Morgan fingerprint density at radius 1 is 1.13 bits per heavy atom. The second kappa shape index (κ2) is 5.80. The zero-order valence-electron chi connectivity index (χ0n) is 13.7. The zero-order chi connectivity index (χ0) is 16.8. The van der Waals surface area contributed by atoms with E-state index in [1.807, 2.05) is 13.0 Å². The summed E-state index contributed by atoms with van der Waals surface area (Å²) in [4.78, 5) is 5.67. The Balaban J connectivity index is 2.07. The van der Waals surface area contributed by atoms with Crippen LogP contribution in [-0.2, 0) is 6.42 Å². The molecule has 0 saturated carbocycles. The lowest BCUT2D eigenvalue weighted by atomic mass is 10.1. The van der Waals surface area contributed by atoms with Crippen molar-refractivity contribution in [2.24, 2.45) is 0 Å². The number of aryl methyl sites for hydroxylation is 1. The maximum Gasteiger partial charge on any atom is 0.184 e. The molecule has 1 aromatic carbocycles. The van der Waals surface area contributed by atoms with Crippen LogP contribution in [0.1, 0.15) is 16.1 Å². The van der Waals surface area contributed by atoms with Crippen molar-refractivity contribution < 1.29 is 8.78 Å². The number of fused-ring (bicyclic) bond motifs is 1. The van der Waals surface area contributed by atoms with Gasteiger partial charge in [-0.2, -0.15) is 0 Å². The van der Waals surface area contributed by atoms with Crippen LogP contribution in [-0.4, -0.2) is 13.1 Å². The molecule has 120 valence electrons. The molecule has 3 aromatic rings. The van der Waals surface area contributed by atoms with Gasteiger partial charge in [0.2, 0.25) is 0 Å². The fourth-order valence-electron chi connectivity index (χ4n) is 2.81. The molecule has 3 rings (SSSR count). The van der Waals surface area contributed by atoms with Crippen molar-refractivity contribution in [3.05, 3.63) is 57.4 Å². The number of nitrogens with zero attached hydrogens (tertiary/aromatic N) is 1. The molecule has 0 aliphatic rings. The van der Waals surface area contributed by atoms with Gasteiger partial charge in [0.15, 0.2) is 11.6 Å². The minimum absolute atomic E-state index is 0.114. The Morgan fingerprint density at radius 2 is 1.87 bits per heavy atom. The number of hydrogen-bond acceptors (Lipinski definition) is 2. The minimum atomic E-state index is -1.39. The van der Waals surface area contributed by atoms with Crippen molar-refractivity contribution in [2.45, 2.75) is 33.0 Å². The van der Waals surface area contributed by atoms with Gasteiger partial charge in [-0.25, -0.2) is 13.8 Å². The highest BCUT2D eigenvalue weighted by atomic mass is 32.1. The predicted octanol–water partition coefficient (Wildman–Crippen LogP) is 5.02. The lowest BCUT2D eigenvalue weighted by Gasteiger charge is -2.17. The summed E-state index contributed by atoms with van der Waals surface area (Å²) in [6, 6.07) is 6.92. The maximum atomic E-state index is 13.9. The summed E-state index contributed by atoms with van der Waals surface area (Å²) in [7, 11) is -1.39. The highest BCUT2D eigenvalue weighted by Gasteiger charge is 2.22. The fourth-order valence-corrected chi connectivity index (χ4v) is 6.34. The topological polar surface area (TPSA) is 12.9 Å². The zero-order valence-corrected chi connectivity index (χ0v) is 15.5. The van der Waals surface area contributed by atoms with Crippen molar-refractivity contribution in [3.8, 4) is 0 Å². The summed E-state index contributed by atoms with van der Waals surface area (Å²) in [6.07, 6.45) is 0.797. The maximum absolute atomic E-state index is 13.9. The number of pyridine rings is 1. The average molecular weight is 348 g/mol. The van der Waals surface area contributed by atoms with Gasteiger partial charge in [0, 0.05) is 22.4 Å². The first-order valence-corrected chi connectivity index (χ1v) is 12.0. The average Bonchev–Trinajstić information content (AvgIpc) is 2.93. The van der Waals surface area contributed by atoms with Crippen LogP contribution in [0.15, 0.2) is 29.6 Å². The van der Waals surface area contributed by atoms with Gasteiger partial charge < -0.3 is 0 Å². The van der Waals surface area contributed by atoms with Crippen molar-refractivity contribution in [2.75, 3.05) is 0 Å². The summed E-state index contributed by atoms with van der Waals surface area (Å²) >= 11 is 1.76. The van der Waals surface area contributed by atoms with E-state index in [4.69, 9.17) is 0 Å². The molecule has 0 aliphatic carbocycles. The SMILES string of the molecule is Cc1nc2c(F)c(F)ccc2cc1Cc1sccc1[Si](C)(C)C. The summed E-state index contributed by atoms with van der Waals surface area (Å²) in [5, 5.41) is 4.25. The van der Waals surface area contributed by atoms with E-state index in [-0.39, 0.29) is 5.52 Å². The third-order valence-corrected chi connectivity index (χ3v) is 7.27. The fraction of sp³-hybridized carbons (Fsp3) is 0.278. The molecule has 0 spiro atoms. The second-order valence-corrected chi connectivity index (χ2v) is 12.9. The molecule has 0 N–H and O–H groups in total. The molecule has 5 heteroatoms. The third-order valence-electron chi connectivity index (χ3n) is 4.08. The molecular formula is C18H19F2NSSi. The largest absolute Gasteiger partial charge is 0.250 e. The Morgan fingerprint density at radius 3 is 2.57 bits per heavy atom. The third kappa shape index (κ3) is 3.08. The normalized spacial score (nSPS) is 12.1. The van der Waals surface area contributed by atoms with E-state index in [1.165, 1.54) is 10.1 Å². The molecule has 0 amide bonds. The number of hydrogen-bond donors (Lipinski definition) is 0. The highest BCUT2D eigenvalue weighted by molar-refractivity contribution is 7.12. The van der Waals surface area contributed by atoms with Crippen LogP contribution in [0.4, 0.5) is 8.78 Å². The van der Waals surface area contributed by atoms with Crippen LogP contribution >= 0.6 is 11.3 Å². The minimum Gasteiger partial charge on any atom is -0.250 e. The monoisotopic (exact) mass is 347 g/mol. The molecule has 2 heterocycles. The molecule has 0 bridgehead atoms. The lowest BCUT2D eigenvalue weighted by Crippen LogP contribution is -2.38. The Kier molecular flexibility index (Phi) is 4.10. The van der Waals surface area contributed by atoms with Crippen LogP contribution in [0.3, 0.4) is 0 Å². The van der Waals surface area contributed by atoms with Crippen LogP contribution < -0.4 is 5.19 Å². The van der Waals surface area contributed by atoms with E-state index in [1.54, 1.807) is 17.4 Å². The highest BCUT2D eigenvalue weighted by Crippen LogP contribution is 2.24. The van der Waals surface area contributed by atoms with E-state index < -0.39 is 19.7 Å². The van der Waals surface area contributed by atoms with E-state index in [9.17, 15) is 8.78 Å². The molecule has 0 atom stereocenters. The second-order valence-electron chi connectivity index (χ2n) is 6.85. The number of thiophene rings is 1. The van der Waals surface area contributed by atoms with Crippen LogP contribution in [0.25, 0.3) is 10.9 Å². The molecular weight excluding hydrogens is 328 g/mol. The summed E-state index contributed by atoms with van der Waals surface area (Å²) in [6.45, 7) is 8.87. The van der Waals surface area contributed by atoms with Gasteiger partial charge in [0.1, 0.15) is 5.52 Å². The first-order chi connectivity index (χ1) is 10.8. The number of benzene rings is 1. The number of rotatable bonds is 3. The van der Waals surface area contributed by atoms with E-state index in [0.717, 1.165) is 23.7 Å². The van der Waals surface area contributed by atoms with Crippen molar-refractivity contribution >= 4 is 35.5 Å². The van der Waals surface area contributed by atoms with Crippen molar-refractivity contribution in [1.29, 1.82) is 0 Å². The first kappa shape index (κ1) is 16.3. The Labute approximate surface area is 140 Å². The Bertz CT molecular complexity index is 881. The Hall–Kier alpha value is -1.59. The van der Waals surface area contributed by atoms with E-state index >= 15 is 0 Å². The quantitative estimate of drug-likeness (QED) is 0.606. The molecule has 0 saturated heterocycles. The van der Waals surface area contributed by atoms with E-state index in [2.05, 4.69) is 36.1 Å². The molecule has 0 aliphatic heterocycles. The number of halogens is 2. The molecule has 23 heavy (non-hydrogen) atoms. The van der Waals surface area contributed by atoms with Gasteiger partial charge in [-0.15, -0.1) is 11.3 Å². The van der Waals surface area contributed by atoms with Crippen LogP contribution in [0.2, 0.25) is 19.6 Å². The first-order valence-electron chi connectivity index (χ1n) is 7.58. The predicted molar refractivity (Wildman–Crippen MR) is 96.5 cm³/mol. The number of aromatic nitrogens is 1. The smallest absolute Gasteiger partial charge is 0.184 e. The molecule has 2 aromatic heterocycles. The van der Waals surface area contributed by atoms with Gasteiger partial charge in [0.05, 0.1) is 8.07 Å². The van der Waals surface area contributed by atoms with Gasteiger partial charge in [-0.3, -0.25) is 0 Å².